The van der Waals surface area contributed by atoms with E-state index in [1.54, 1.807) is 0 Å². The first-order valence-corrected chi connectivity index (χ1v) is 8.82. The van der Waals surface area contributed by atoms with Crippen LogP contribution in [0.25, 0.3) is 0 Å². The Morgan fingerprint density at radius 3 is 2.25 bits per heavy atom. The van der Waals surface area contributed by atoms with Crippen LogP contribution in [0.2, 0.25) is 0 Å². The van der Waals surface area contributed by atoms with Crippen LogP contribution in [0, 0.1) is 17.2 Å². The lowest BCUT2D eigenvalue weighted by molar-refractivity contribution is -0.134. The van der Waals surface area contributed by atoms with Crippen molar-refractivity contribution in [1.29, 1.82) is 5.26 Å². The number of carbonyl (C=O) groups is 1. The number of benzene rings is 1. The van der Waals surface area contributed by atoms with E-state index in [0.29, 0.717) is 25.4 Å². The van der Waals surface area contributed by atoms with E-state index < -0.39 is 0 Å². The molecule has 24 heavy (non-hydrogen) atoms. The summed E-state index contributed by atoms with van der Waals surface area (Å²) in [5.74, 6) is 0.524. The average molecular weight is 327 g/mol. The van der Waals surface area contributed by atoms with Crippen molar-refractivity contribution in [3.8, 4) is 6.07 Å². The highest BCUT2D eigenvalue weighted by atomic mass is 16.2. The molecule has 1 aromatic rings. The molecule has 4 heteroatoms. The largest absolute Gasteiger partial charge is 0.340 e. The summed E-state index contributed by atoms with van der Waals surface area (Å²) in [4.78, 5) is 16.9. The fraction of sp³-hybridized carbons (Fsp3) is 0.600. The van der Waals surface area contributed by atoms with Gasteiger partial charge in [0.15, 0.2) is 0 Å². The summed E-state index contributed by atoms with van der Waals surface area (Å²) in [6, 6.07) is 12.6. The van der Waals surface area contributed by atoms with Gasteiger partial charge in [-0.15, -0.1) is 0 Å². The fourth-order valence-corrected chi connectivity index (χ4v) is 3.38. The van der Waals surface area contributed by atoms with Crippen LogP contribution in [0.15, 0.2) is 30.3 Å². The van der Waals surface area contributed by atoms with E-state index in [4.69, 9.17) is 0 Å². The molecule has 0 spiro atoms. The van der Waals surface area contributed by atoms with Crippen LogP contribution in [0.5, 0.6) is 0 Å². The van der Waals surface area contributed by atoms with Gasteiger partial charge in [-0.05, 0) is 16.9 Å². The van der Waals surface area contributed by atoms with Crippen LogP contribution in [0.3, 0.4) is 0 Å². The van der Waals surface area contributed by atoms with Gasteiger partial charge in [-0.3, -0.25) is 9.69 Å². The van der Waals surface area contributed by atoms with Gasteiger partial charge in [0.25, 0.3) is 0 Å². The van der Waals surface area contributed by atoms with Crippen LogP contribution >= 0.6 is 0 Å². The Morgan fingerprint density at radius 2 is 1.75 bits per heavy atom. The molecule has 2 rings (SSSR count). The first-order valence-electron chi connectivity index (χ1n) is 8.82. The Kier molecular flexibility index (Phi) is 6.01. The third kappa shape index (κ3) is 4.36. The smallest absolute Gasteiger partial charge is 0.223 e. The van der Waals surface area contributed by atoms with Crippen molar-refractivity contribution in [3.05, 3.63) is 35.9 Å². The van der Waals surface area contributed by atoms with Gasteiger partial charge >= 0.3 is 0 Å². The van der Waals surface area contributed by atoms with E-state index in [-0.39, 0.29) is 17.4 Å². The lowest BCUT2D eigenvalue weighted by Crippen LogP contribution is -2.53. The number of piperazine rings is 1. The predicted octanol–water partition coefficient (Wildman–Crippen LogP) is 3.05. The Morgan fingerprint density at radius 1 is 1.17 bits per heavy atom. The molecule has 1 aromatic carbocycles. The van der Waals surface area contributed by atoms with Gasteiger partial charge in [0.2, 0.25) is 5.91 Å². The summed E-state index contributed by atoms with van der Waals surface area (Å²) in [5, 5.41) is 9.33. The Hall–Kier alpha value is -1.86. The van der Waals surface area contributed by atoms with Crippen molar-refractivity contribution >= 4 is 5.91 Å². The normalized spacial score (nSPS) is 17.6. The van der Waals surface area contributed by atoms with Gasteiger partial charge in [0.05, 0.1) is 6.07 Å². The topological polar surface area (TPSA) is 47.3 Å². The minimum atomic E-state index is -0.164. The van der Waals surface area contributed by atoms with Crippen molar-refractivity contribution in [2.24, 2.45) is 5.92 Å². The summed E-state index contributed by atoms with van der Waals surface area (Å²) >= 11 is 0. The first kappa shape index (κ1) is 18.5. The summed E-state index contributed by atoms with van der Waals surface area (Å²) in [5.41, 5.74) is 1.03. The maximum absolute atomic E-state index is 12.7. The SMILES string of the molecule is CC(C)[C@H](C#N)N1CCN(C(=O)CC(C)(C)c2ccccc2)CC1. The number of amides is 1. The third-order valence-electron chi connectivity index (χ3n) is 4.97. The second-order valence-electron chi connectivity index (χ2n) is 7.66. The molecule has 1 atom stereocenters. The van der Waals surface area contributed by atoms with Gasteiger partial charge in [-0.25, -0.2) is 0 Å². The monoisotopic (exact) mass is 327 g/mol. The second-order valence-corrected chi connectivity index (χ2v) is 7.66. The molecule has 1 aliphatic heterocycles. The van der Waals surface area contributed by atoms with Crippen LogP contribution in [0.1, 0.15) is 39.7 Å². The lowest BCUT2D eigenvalue weighted by atomic mass is 9.81. The van der Waals surface area contributed by atoms with Gasteiger partial charge in [0.1, 0.15) is 6.04 Å². The highest BCUT2D eigenvalue weighted by Gasteiger charge is 2.31. The number of hydrogen-bond acceptors (Lipinski definition) is 3. The van der Waals surface area contributed by atoms with Crippen LogP contribution < -0.4 is 0 Å². The highest BCUT2D eigenvalue weighted by molar-refractivity contribution is 5.78. The molecule has 1 aliphatic rings. The molecular formula is C20H29N3O. The average Bonchev–Trinajstić information content (AvgIpc) is 2.56. The quantitative estimate of drug-likeness (QED) is 0.835. The zero-order chi connectivity index (χ0) is 17.7. The molecule has 4 nitrogen and oxygen atoms in total. The minimum Gasteiger partial charge on any atom is -0.340 e. The van der Waals surface area contributed by atoms with Crippen LogP contribution in [-0.4, -0.2) is 47.9 Å². The van der Waals surface area contributed by atoms with E-state index in [9.17, 15) is 10.1 Å². The van der Waals surface area contributed by atoms with Crippen molar-refractivity contribution in [3.63, 3.8) is 0 Å². The molecule has 0 unspecified atom stereocenters. The predicted molar refractivity (Wildman–Crippen MR) is 96.5 cm³/mol. The maximum Gasteiger partial charge on any atom is 0.223 e. The van der Waals surface area contributed by atoms with Crippen molar-refractivity contribution in [1.82, 2.24) is 9.80 Å². The molecule has 0 aromatic heterocycles. The Balaban J connectivity index is 1.93. The summed E-state index contributed by atoms with van der Waals surface area (Å²) in [6.45, 7) is 11.4. The fourth-order valence-electron chi connectivity index (χ4n) is 3.38. The number of rotatable bonds is 5. The Bertz CT molecular complexity index is 581. The highest BCUT2D eigenvalue weighted by Crippen LogP contribution is 2.28. The van der Waals surface area contributed by atoms with Crippen molar-refractivity contribution < 1.29 is 4.79 Å². The molecule has 1 fully saturated rings. The van der Waals surface area contributed by atoms with Gasteiger partial charge in [-0.1, -0.05) is 58.0 Å². The van der Waals surface area contributed by atoms with Crippen LogP contribution in [0.4, 0.5) is 0 Å². The third-order valence-corrected chi connectivity index (χ3v) is 4.97. The number of hydrogen-bond donors (Lipinski definition) is 0. The molecule has 1 heterocycles. The molecule has 1 amide bonds. The maximum atomic E-state index is 12.7. The van der Waals surface area contributed by atoms with Crippen molar-refractivity contribution in [2.45, 2.75) is 45.6 Å². The van der Waals surface area contributed by atoms with E-state index in [1.807, 2.05) is 23.1 Å². The van der Waals surface area contributed by atoms with Gasteiger partial charge in [-0.2, -0.15) is 5.26 Å². The van der Waals surface area contributed by atoms with Crippen LogP contribution in [-0.2, 0) is 10.2 Å². The summed E-state index contributed by atoms with van der Waals surface area (Å²) in [6.07, 6.45) is 0.517. The number of carbonyl (C=O) groups excluding carboxylic acids is 1. The zero-order valence-electron chi connectivity index (χ0n) is 15.3. The van der Waals surface area contributed by atoms with Gasteiger partial charge < -0.3 is 4.90 Å². The molecule has 130 valence electrons. The van der Waals surface area contributed by atoms with E-state index in [2.05, 4.69) is 50.8 Å². The lowest BCUT2D eigenvalue weighted by Gasteiger charge is -2.39. The first-order chi connectivity index (χ1) is 11.3. The molecule has 1 saturated heterocycles. The molecule has 0 bridgehead atoms. The standard InChI is InChI=1S/C20H29N3O/c1-16(2)18(15-21)22-10-12-23(13-11-22)19(24)14-20(3,4)17-8-6-5-7-9-17/h5-9,16,18H,10-14H2,1-4H3/t18-/m0/s1. The van der Waals surface area contributed by atoms with Gasteiger partial charge in [0, 0.05) is 32.6 Å². The van der Waals surface area contributed by atoms with E-state index in [0.717, 1.165) is 13.1 Å². The van der Waals surface area contributed by atoms with E-state index >= 15 is 0 Å². The molecule has 0 radical (unpaired) electrons. The second kappa shape index (κ2) is 7.81. The molecule has 0 N–H and O–H groups in total. The van der Waals surface area contributed by atoms with E-state index in [1.165, 1.54) is 5.56 Å². The summed E-state index contributed by atoms with van der Waals surface area (Å²) in [7, 11) is 0. The number of nitriles is 1. The minimum absolute atomic E-state index is 0.0528. The zero-order valence-corrected chi connectivity index (χ0v) is 15.3. The Labute approximate surface area is 146 Å². The van der Waals surface area contributed by atoms with Crippen molar-refractivity contribution in [2.75, 3.05) is 26.2 Å². The summed E-state index contributed by atoms with van der Waals surface area (Å²) < 4.78 is 0. The molecular weight excluding hydrogens is 298 g/mol. The number of nitrogens with zero attached hydrogens (tertiary/aromatic N) is 3. The molecule has 0 saturated carbocycles. The molecule has 0 aliphatic carbocycles.